The summed E-state index contributed by atoms with van der Waals surface area (Å²) in [5.74, 6) is 6.35. The fourth-order valence-corrected chi connectivity index (χ4v) is 1.87. The summed E-state index contributed by atoms with van der Waals surface area (Å²) >= 11 is 0. The molecule has 0 aliphatic carbocycles. The van der Waals surface area contributed by atoms with Crippen LogP contribution in [0.15, 0.2) is 24.7 Å². The Bertz CT molecular complexity index is 537. The third-order valence-corrected chi connectivity index (χ3v) is 3.05. The summed E-state index contributed by atoms with van der Waals surface area (Å²) in [6, 6.07) is 1.76. The number of hydrogen-bond donors (Lipinski definition) is 2. The van der Waals surface area contributed by atoms with Gasteiger partial charge in [0.15, 0.2) is 0 Å². The van der Waals surface area contributed by atoms with Crippen LogP contribution in [0.25, 0.3) is 0 Å². The van der Waals surface area contributed by atoms with Crippen LogP contribution in [0, 0.1) is 6.92 Å². The van der Waals surface area contributed by atoms with E-state index in [1.807, 2.05) is 24.7 Å². The minimum absolute atomic E-state index is 0.152. The molecule has 0 radical (unpaired) electrons. The van der Waals surface area contributed by atoms with Crippen molar-refractivity contribution in [2.45, 2.75) is 13.0 Å². The van der Waals surface area contributed by atoms with Crippen LogP contribution in [-0.4, -0.2) is 21.9 Å². The van der Waals surface area contributed by atoms with Gasteiger partial charge in [-0.15, -0.1) is 0 Å². The third-order valence-electron chi connectivity index (χ3n) is 3.05. The predicted molar refractivity (Wildman–Crippen MR) is 67.9 cm³/mol. The molecule has 0 saturated carbocycles. The van der Waals surface area contributed by atoms with Crippen LogP contribution in [0.1, 0.15) is 22.9 Å². The number of methoxy groups -OCH3 is 1. The van der Waals surface area contributed by atoms with Crippen LogP contribution >= 0.6 is 0 Å². The zero-order valence-electron chi connectivity index (χ0n) is 10.7. The minimum atomic E-state index is -0.152. The van der Waals surface area contributed by atoms with Gasteiger partial charge in [-0.2, -0.15) is 5.10 Å². The molecule has 6 heteroatoms. The van der Waals surface area contributed by atoms with Crippen molar-refractivity contribution in [1.82, 2.24) is 20.2 Å². The molecule has 18 heavy (non-hydrogen) atoms. The van der Waals surface area contributed by atoms with Gasteiger partial charge in [-0.1, -0.05) is 0 Å². The summed E-state index contributed by atoms with van der Waals surface area (Å²) in [6.45, 7) is 2.00. The van der Waals surface area contributed by atoms with Crippen LogP contribution in [0.2, 0.25) is 0 Å². The zero-order chi connectivity index (χ0) is 13.1. The second-order valence-electron chi connectivity index (χ2n) is 4.07. The number of hydrogen-bond acceptors (Lipinski definition) is 5. The number of nitrogens with one attached hydrogen (secondary N) is 1. The molecule has 3 N–H and O–H groups in total. The Hall–Kier alpha value is -1.92. The maximum absolute atomic E-state index is 5.65. The fourth-order valence-electron chi connectivity index (χ4n) is 1.87. The van der Waals surface area contributed by atoms with E-state index in [1.165, 1.54) is 0 Å². The molecule has 0 amide bonds. The van der Waals surface area contributed by atoms with E-state index in [2.05, 4.69) is 15.5 Å². The quantitative estimate of drug-likeness (QED) is 0.614. The summed E-state index contributed by atoms with van der Waals surface area (Å²) in [5.41, 5.74) is 5.81. The second-order valence-corrected chi connectivity index (χ2v) is 4.07. The number of hydrazine groups is 1. The van der Waals surface area contributed by atoms with Gasteiger partial charge >= 0.3 is 0 Å². The van der Waals surface area contributed by atoms with E-state index < -0.39 is 0 Å². The maximum Gasteiger partial charge on any atom is 0.137 e. The van der Waals surface area contributed by atoms with Gasteiger partial charge < -0.3 is 4.74 Å². The number of pyridine rings is 1. The van der Waals surface area contributed by atoms with Crippen LogP contribution in [0.5, 0.6) is 5.75 Å². The van der Waals surface area contributed by atoms with Crippen LogP contribution in [0.4, 0.5) is 0 Å². The highest BCUT2D eigenvalue weighted by Gasteiger charge is 2.18. The second kappa shape index (κ2) is 5.16. The van der Waals surface area contributed by atoms with Crippen molar-refractivity contribution in [2.75, 3.05) is 7.11 Å². The summed E-state index contributed by atoms with van der Waals surface area (Å²) < 4.78 is 6.98. The normalized spacial score (nSPS) is 12.4. The molecule has 0 bridgehead atoms. The molecule has 0 saturated heterocycles. The van der Waals surface area contributed by atoms with E-state index in [4.69, 9.17) is 10.6 Å². The van der Waals surface area contributed by atoms with Crippen molar-refractivity contribution in [3.8, 4) is 5.75 Å². The molecule has 2 rings (SSSR count). The molecule has 0 fully saturated rings. The topological polar surface area (TPSA) is 78.0 Å². The molecule has 0 aliphatic rings. The van der Waals surface area contributed by atoms with Gasteiger partial charge in [-0.25, -0.2) is 5.43 Å². The number of rotatable bonds is 4. The molecule has 0 aliphatic heterocycles. The van der Waals surface area contributed by atoms with E-state index in [-0.39, 0.29) is 6.04 Å². The maximum atomic E-state index is 5.65. The van der Waals surface area contributed by atoms with Crippen molar-refractivity contribution in [2.24, 2.45) is 12.9 Å². The number of ether oxygens (including phenoxy) is 1. The van der Waals surface area contributed by atoms with Crippen molar-refractivity contribution < 1.29 is 4.74 Å². The monoisotopic (exact) mass is 247 g/mol. The molecule has 6 nitrogen and oxygen atoms in total. The SMILES string of the molecule is COc1cncc(C(NN)c2cnn(C)c2C)c1. The van der Waals surface area contributed by atoms with Crippen LogP contribution in [0.3, 0.4) is 0 Å². The van der Waals surface area contributed by atoms with E-state index >= 15 is 0 Å². The first-order valence-corrected chi connectivity index (χ1v) is 5.61. The van der Waals surface area contributed by atoms with Crippen LogP contribution in [-0.2, 0) is 7.05 Å². The highest BCUT2D eigenvalue weighted by Crippen LogP contribution is 2.25. The average Bonchev–Trinajstić information content (AvgIpc) is 2.72. The highest BCUT2D eigenvalue weighted by atomic mass is 16.5. The zero-order valence-corrected chi connectivity index (χ0v) is 10.7. The first-order valence-electron chi connectivity index (χ1n) is 5.61. The predicted octanol–water partition coefficient (Wildman–Crippen LogP) is 0.685. The number of nitrogens with two attached hydrogens (primary N) is 1. The van der Waals surface area contributed by atoms with E-state index in [1.54, 1.807) is 25.7 Å². The molecule has 2 heterocycles. The lowest BCUT2D eigenvalue weighted by Gasteiger charge is -2.16. The lowest BCUT2D eigenvalue weighted by atomic mass is 10.0. The first kappa shape index (κ1) is 12.5. The van der Waals surface area contributed by atoms with Gasteiger partial charge in [-0.3, -0.25) is 15.5 Å². The molecule has 1 unspecified atom stereocenters. The summed E-state index contributed by atoms with van der Waals surface area (Å²) in [6.07, 6.45) is 5.23. The fraction of sp³-hybridized carbons (Fsp3) is 0.333. The number of nitrogens with zero attached hydrogens (tertiary/aromatic N) is 3. The molecular formula is C12H17N5O. The van der Waals surface area contributed by atoms with Gasteiger partial charge in [0, 0.05) is 24.5 Å². The lowest BCUT2D eigenvalue weighted by Crippen LogP contribution is -2.29. The number of aryl methyl sites for hydroxylation is 1. The van der Waals surface area contributed by atoms with Crippen molar-refractivity contribution in [3.05, 3.63) is 41.5 Å². The Labute approximate surface area is 106 Å². The Balaban J connectivity index is 2.41. The summed E-state index contributed by atoms with van der Waals surface area (Å²) in [7, 11) is 3.51. The number of aromatic nitrogens is 3. The first-order chi connectivity index (χ1) is 8.67. The Morgan fingerprint density at radius 1 is 1.39 bits per heavy atom. The van der Waals surface area contributed by atoms with Crippen molar-refractivity contribution >= 4 is 0 Å². The molecule has 96 valence electrons. The third kappa shape index (κ3) is 2.20. The van der Waals surface area contributed by atoms with Crippen molar-refractivity contribution in [1.29, 1.82) is 0 Å². The Kier molecular flexibility index (Phi) is 3.59. The van der Waals surface area contributed by atoms with E-state index in [0.29, 0.717) is 5.75 Å². The van der Waals surface area contributed by atoms with Gasteiger partial charge in [-0.05, 0) is 18.6 Å². The van der Waals surface area contributed by atoms with E-state index in [9.17, 15) is 0 Å². The van der Waals surface area contributed by atoms with E-state index in [0.717, 1.165) is 16.8 Å². The van der Waals surface area contributed by atoms with Gasteiger partial charge in [0.25, 0.3) is 0 Å². The van der Waals surface area contributed by atoms with Gasteiger partial charge in [0.2, 0.25) is 0 Å². The summed E-state index contributed by atoms with van der Waals surface area (Å²) in [4.78, 5) is 4.14. The largest absolute Gasteiger partial charge is 0.495 e. The standard InChI is InChI=1S/C12H17N5O/c1-8-11(7-15-17(8)2)12(16-13)9-4-10(18-3)6-14-5-9/h4-7,12,16H,13H2,1-3H3. The molecule has 2 aromatic rings. The molecule has 0 spiro atoms. The van der Waals surface area contributed by atoms with Gasteiger partial charge in [0.1, 0.15) is 5.75 Å². The Morgan fingerprint density at radius 2 is 2.17 bits per heavy atom. The molecule has 2 aromatic heterocycles. The molecular weight excluding hydrogens is 230 g/mol. The average molecular weight is 247 g/mol. The molecule has 1 atom stereocenters. The van der Waals surface area contributed by atoms with Gasteiger partial charge in [0.05, 0.1) is 25.5 Å². The lowest BCUT2D eigenvalue weighted by molar-refractivity contribution is 0.411. The molecule has 0 aromatic carbocycles. The Morgan fingerprint density at radius 3 is 2.72 bits per heavy atom. The minimum Gasteiger partial charge on any atom is -0.495 e. The highest BCUT2D eigenvalue weighted by molar-refractivity contribution is 5.34. The van der Waals surface area contributed by atoms with Crippen molar-refractivity contribution in [3.63, 3.8) is 0 Å². The van der Waals surface area contributed by atoms with Crippen LogP contribution < -0.4 is 16.0 Å². The smallest absolute Gasteiger partial charge is 0.137 e. The summed E-state index contributed by atoms with van der Waals surface area (Å²) in [5, 5.41) is 4.22.